The topological polar surface area (TPSA) is 15.3 Å². The molecular weight excluding hydrogens is 216 g/mol. The van der Waals surface area contributed by atoms with E-state index in [9.17, 15) is 0 Å². The Hall–Kier alpha value is -0.380. The molecule has 92 valence electrons. The van der Waals surface area contributed by atoms with E-state index in [1.165, 1.54) is 10.4 Å². The van der Waals surface area contributed by atoms with Crippen molar-refractivity contribution in [3.8, 4) is 0 Å². The molecule has 16 heavy (non-hydrogen) atoms. The summed E-state index contributed by atoms with van der Waals surface area (Å²) in [6.45, 7) is 13.3. The van der Waals surface area contributed by atoms with Gasteiger partial charge in [0.25, 0.3) is 0 Å². The van der Waals surface area contributed by atoms with E-state index < -0.39 is 0 Å². The molecule has 0 fully saturated rings. The first-order valence-electron chi connectivity index (χ1n) is 6.16. The summed E-state index contributed by atoms with van der Waals surface area (Å²) in [5, 5.41) is 5.71. The minimum absolute atomic E-state index is 0.621. The molecule has 0 aliphatic carbocycles. The third kappa shape index (κ3) is 3.89. The van der Waals surface area contributed by atoms with Gasteiger partial charge in [-0.25, -0.2) is 0 Å². The van der Waals surface area contributed by atoms with Crippen LogP contribution in [0.1, 0.15) is 31.2 Å². The Morgan fingerprint density at radius 2 is 2.06 bits per heavy atom. The summed E-state index contributed by atoms with van der Waals surface area (Å²) < 4.78 is 0. The van der Waals surface area contributed by atoms with Gasteiger partial charge in [0.15, 0.2) is 0 Å². The quantitative estimate of drug-likeness (QED) is 0.788. The molecule has 1 rings (SSSR count). The Morgan fingerprint density at radius 3 is 2.56 bits per heavy atom. The molecule has 0 spiro atoms. The van der Waals surface area contributed by atoms with Gasteiger partial charge in [-0.15, -0.1) is 11.3 Å². The molecule has 0 aromatic carbocycles. The van der Waals surface area contributed by atoms with Gasteiger partial charge in [0.2, 0.25) is 0 Å². The molecule has 2 nitrogen and oxygen atoms in total. The van der Waals surface area contributed by atoms with Crippen LogP contribution in [0, 0.1) is 6.92 Å². The van der Waals surface area contributed by atoms with Crippen molar-refractivity contribution in [2.75, 3.05) is 19.6 Å². The molecule has 3 heteroatoms. The number of hydrogen-bond acceptors (Lipinski definition) is 3. The maximum absolute atomic E-state index is 3.55. The van der Waals surface area contributed by atoms with Crippen molar-refractivity contribution >= 4 is 11.3 Å². The highest BCUT2D eigenvalue weighted by atomic mass is 32.1. The fourth-order valence-electron chi connectivity index (χ4n) is 1.96. The van der Waals surface area contributed by atoms with Crippen LogP contribution in [-0.2, 0) is 6.54 Å². The van der Waals surface area contributed by atoms with E-state index in [-0.39, 0.29) is 0 Å². The van der Waals surface area contributed by atoms with Crippen LogP contribution < -0.4 is 5.32 Å². The number of nitrogens with zero attached hydrogens (tertiary/aromatic N) is 1. The monoisotopic (exact) mass is 240 g/mol. The summed E-state index contributed by atoms with van der Waals surface area (Å²) in [5.41, 5.74) is 1.41. The number of nitrogens with one attached hydrogen (secondary N) is 1. The summed E-state index contributed by atoms with van der Waals surface area (Å²) in [4.78, 5) is 3.95. The lowest BCUT2D eigenvalue weighted by molar-refractivity contribution is 0.226. The Labute approximate surface area is 104 Å². The van der Waals surface area contributed by atoms with Crippen LogP contribution in [0.5, 0.6) is 0 Å². The van der Waals surface area contributed by atoms with Crippen LogP contribution in [0.15, 0.2) is 11.4 Å². The summed E-state index contributed by atoms with van der Waals surface area (Å²) in [6, 6.07) is 2.81. The highest BCUT2D eigenvalue weighted by Gasteiger charge is 2.09. The molecule has 1 aromatic heterocycles. The van der Waals surface area contributed by atoms with E-state index in [4.69, 9.17) is 0 Å². The van der Waals surface area contributed by atoms with Crippen LogP contribution in [0.2, 0.25) is 0 Å². The van der Waals surface area contributed by atoms with E-state index in [1.807, 2.05) is 11.3 Å². The van der Waals surface area contributed by atoms with Crippen molar-refractivity contribution in [3.63, 3.8) is 0 Å². The zero-order chi connectivity index (χ0) is 12.0. The number of aryl methyl sites for hydroxylation is 1. The average molecular weight is 240 g/mol. The van der Waals surface area contributed by atoms with Crippen LogP contribution >= 0.6 is 11.3 Å². The minimum Gasteiger partial charge on any atom is -0.310 e. The lowest BCUT2D eigenvalue weighted by Crippen LogP contribution is -2.39. The Morgan fingerprint density at radius 1 is 1.38 bits per heavy atom. The summed E-state index contributed by atoms with van der Waals surface area (Å²) in [6.07, 6.45) is 0. The number of rotatable bonds is 7. The van der Waals surface area contributed by atoms with Gasteiger partial charge in [0.05, 0.1) is 0 Å². The maximum Gasteiger partial charge on any atom is 0.0303 e. The van der Waals surface area contributed by atoms with Crippen LogP contribution in [0.4, 0.5) is 0 Å². The van der Waals surface area contributed by atoms with E-state index >= 15 is 0 Å². The second-order valence-electron chi connectivity index (χ2n) is 4.23. The zero-order valence-corrected chi connectivity index (χ0v) is 11.7. The molecular formula is C13H24N2S. The molecule has 1 unspecified atom stereocenters. The van der Waals surface area contributed by atoms with Gasteiger partial charge in [0.1, 0.15) is 0 Å². The van der Waals surface area contributed by atoms with Gasteiger partial charge in [-0.3, -0.25) is 4.90 Å². The number of thiophene rings is 1. The molecule has 0 radical (unpaired) electrons. The predicted octanol–water partition coefficient (Wildman–Crippen LogP) is 2.88. The third-order valence-electron chi connectivity index (χ3n) is 3.13. The Balaban J connectivity index is 2.27. The van der Waals surface area contributed by atoms with E-state index in [2.05, 4.69) is 49.4 Å². The van der Waals surface area contributed by atoms with E-state index in [0.29, 0.717) is 6.04 Å². The molecule has 0 saturated heterocycles. The van der Waals surface area contributed by atoms with Crippen molar-refractivity contribution in [2.24, 2.45) is 0 Å². The summed E-state index contributed by atoms with van der Waals surface area (Å²) >= 11 is 1.85. The lowest BCUT2D eigenvalue weighted by atomic mass is 10.2. The smallest absolute Gasteiger partial charge is 0.0303 e. The van der Waals surface area contributed by atoms with Crippen molar-refractivity contribution in [1.29, 1.82) is 0 Å². The first-order valence-corrected chi connectivity index (χ1v) is 7.04. The largest absolute Gasteiger partial charge is 0.310 e. The fourth-order valence-corrected chi connectivity index (χ4v) is 2.83. The van der Waals surface area contributed by atoms with Gasteiger partial charge < -0.3 is 5.32 Å². The van der Waals surface area contributed by atoms with E-state index in [0.717, 1.165) is 26.2 Å². The van der Waals surface area contributed by atoms with Crippen molar-refractivity contribution in [1.82, 2.24) is 10.2 Å². The molecule has 1 aromatic rings. The minimum atomic E-state index is 0.621. The zero-order valence-electron chi connectivity index (χ0n) is 10.9. The molecule has 1 heterocycles. The van der Waals surface area contributed by atoms with Gasteiger partial charge in [-0.1, -0.05) is 13.8 Å². The first kappa shape index (κ1) is 13.7. The number of likely N-dealkylation sites (N-methyl/N-ethyl adjacent to an activating group) is 1. The molecule has 0 bridgehead atoms. The lowest BCUT2D eigenvalue weighted by Gasteiger charge is -2.26. The van der Waals surface area contributed by atoms with Gasteiger partial charge in [0, 0.05) is 24.0 Å². The highest BCUT2D eigenvalue weighted by Crippen LogP contribution is 2.14. The average Bonchev–Trinajstić information content (AvgIpc) is 2.66. The predicted molar refractivity (Wildman–Crippen MR) is 73.1 cm³/mol. The third-order valence-corrected chi connectivity index (χ3v) is 4.15. The molecule has 0 aliphatic heterocycles. The maximum atomic E-state index is 3.55. The molecule has 0 aliphatic rings. The molecule has 1 atom stereocenters. The highest BCUT2D eigenvalue weighted by molar-refractivity contribution is 7.10. The van der Waals surface area contributed by atoms with Gasteiger partial charge in [-0.2, -0.15) is 0 Å². The van der Waals surface area contributed by atoms with Gasteiger partial charge in [-0.05, 0) is 43.9 Å². The Bertz CT molecular complexity index is 292. The SMILES string of the molecule is CCN(CC)C(C)CNCc1sccc1C. The summed E-state index contributed by atoms with van der Waals surface area (Å²) in [7, 11) is 0. The van der Waals surface area contributed by atoms with E-state index in [1.54, 1.807) is 0 Å². The molecule has 0 saturated carbocycles. The van der Waals surface area contributed by atoms with Crippen molar-refractivity contribution in [2.45, 2.75) is 40.3 Å². The summed E-state index contributed by atoms with van der Waals surface area (Å²) in [5.74, 6) is 0. The Kier molecular flexibility index (Phi) is 6.03. The van der Waals surface area contributed by atoms with Crippen LogP contribution in [0.3, 0.4) is 0 Å². The second kappa shape index (κ2) is 7.05. The van der Waals surface area contributed by atoms with Crippen molar-refractivity contribution in [3.05, 3.63) is 21.9 Å². The van der Waals surface area contributed by atoms with Crippen LogP contribution in [0.25, 0.3) is 0 Å². The first-order chi connectivity index (χ1) is 7.69. The van der Waals surface area contributed by atoms with Crippen LogP contribution in [-0.4, -0.2) is 30.6 Å². The number of hydrogen-bond donors (Lipinski definition) is 1. The fraction of sp³-hybridized carbons (Fsp3) is 0.692. The normalized spacial score (nSPS) is 13.3. The second-order valence-corrected chi connectivity index (χ2v) is 5.23. The standard InChI is InChI=1S/C13H24N2S/c1-5-15(6-2)12(4)9-14-10-13-11(3)7-8-16-13/h7-8,12,14H,5-6,9-10H2,1-4H3. The molecule has 0 amide bonds. The van der Waals surface area contributed by atoms with Crippen molar-refractivity contribution < 1.29 is 0 Å². The molecule has 1 N–H and O–H groups in total. The van der Waals surface area contributed by atoms with Gasteiger partial charge >= 0.3 is 0 Å².